The zero-order valence-corrected chi connectivity index (χ0v) is 9.61. The van der Waals surface area contributed by atoms with Gasteiger partial charge in [0.2, 0.25) is 0 Å². The van der Waals surface area contributed by atoms with E-state index in [1.807, 2.05) is 0 Å². The van der Waals surface area contributed by atoms with E-state index >= 15 is 0 Å². The van der Waals surface area contributed by atoms with Crippen LogP contribution in [0.25, 0.3) is 0 Å². The molecule has 1 aromatic carbocycles. The molecule has 82 valence electrons. The van der Waals surface area contributed by atoms with E-state index in [0.29, 0.717) is 6.04 Å². The second-order valence-corrected chi connectivity index (χ2v) is 4.75. The average Bonchev–Trinajstić information content (AvgIpc) is 2.59. The van der Waals surface area contributed by atoms with Crippen molar-refractivity contribution in [2.45, 2.75) is 31.8 Å². The number of likely N-dealkylation sites (N-methyl/N-ethyl adjacent to an activating group) is 1. The summed E-state index contributed by atoms with van der Waals surface area (Å²) >= 11 is 0. The fraction of sp³-hybridized carbons (Fsp3) is 0.538. The monoisotopic (exact) mass is 204 g/mol. The van der Waals surface area contributed by atoms with Crippen LogP contribution in [-0.2, 0) is 12.8 Å². The van der Waals surface area contributed by atoms with Gasteiger partial charge in [0.25, 0.3) is 0 Å². The molecule has 0 amide bonds. The summed E-state index contributed by atoms with van der Waals surface area (Å²) in [7, 11) is 2.18. The van der Waals surface area contributed by atoms with Crippen molar-refractivity contribution < 1.29 is 0 Å². The molecule has 2 N–H and O–H groups in total. The minimum Gasteiger partial charge on any atom is -0.327 e. The largest absolute Gasteiger partial charge is 0.327 e. The third-order valence-corrected chi connectivity index (χ3v) is 3.23. The number of hydrogen-bond donors (Lipinski definition) is 1. The Hall–Kier alpha value is -0.860. The van der Waals surface area contributed by atoms with Crippen molar-refractivity contribution in [1.29, 1.82) is 0 Å². The van der Waals surface area contributed by atoms with Crippen molar-refractivity contribution >= 4 is 0 Å². The van der Waals surface area contributed by atoms with E-state index in [2.05, 4.69) is 43.1 Å². The molecule has 0 heterocycles. The van der Waals surface area contributed by atoms with E-state index in [1.165, 1.54) is 24.0 Å². The third kappa shape index (κ3) is 2.39. The Morgan fingerprint density at radius 2 is 1.87 bits per heavy atom. The smallest absolute Gasteiger partial charge is 0.0174 e. The van der Waals surface area contributed by atoms with Gasteiger partial charge in [0.15, 0.2) is 0 Å². The summed E-state index contributed by atoms with van der Waals surface area (Å²) in [5, 5.41) is 0. The summed E-state index contributed by atoms with van der Waals surface area (Å²) in [5.74, 6) is 0. The molecule has 1 atom stereocenters. The van der Waals surface area contributed by atoms with E-state index in [1.54, 1.807) is 0 Å². The van der Waals surface area contributed by atoms with Crippen LogP contribution < -0.4 is 5.73 Å². The molecule has 15 heavy (non-hydrogen) atoms. The molecule has 2 heteroatoms. The van der Waals surface area contributed by atoms with Gasteiger partial charge in [-0.05, 0) is 37.9 Å². The van der Waals surface area contributed by atoms with E-state index in [-0.39, 0.29) is 6.04 Å². The second kappa shape index (κ2) is 4.33. The van der Waals surface area contributed by atoms with Crippen molar-refractivity contribution in [3.05, 3.63) is 35.4 Å². The lowest BCUT2D eigenvalue weighted by Gasteiger charge is -2.25. The predicted molar refractivity (Wildman–Crippen MR) is 63.9 cm³/mol. The number of nitrogens with zero attached hydrogens (tertiary/aromatic N) is 1. The van der Waals surface area contributed by atoms with Crippen molar-refractivity contribution in [3.8, 4) is 0 Å². The van der Waals surface area contributed by atoms with Gasteiger partial charge in [-0.3, -0.25) is 0 Å². The first kappa shape index (κ1) is 10.7. The quantitative estimate of drug-likeness (QED) is 0.807. The molecule has 1 aliphatic carbocycles. The average molecular weight is 204 g/mol. The molecule has 0 bridgehead atoms. The Kier molecular flexibility index (Phi) is 3.08. The second-order valence-electron chi connectivity index (χ2n) is 4.75. The van der Waals surface area contributed by atoms with E-state index < -0.39 is 0 Å². The van der Waals surface area contributed by atoms with Crippen molar-refractivity contribution in [2.75, 3.05) is 13.6 Å². The zero-order chi connectivity index (χ0) is 10.8. The molecule has 0 saturated carbocycles. The van der Waals surface area contributed by atoms with Crippen molar-refractivity contribution in [1.82, 2.24) is 4.90 Å². The first-order valence-corrected chi connectivity index (χ1v) is 5.69. The van der Waals surface area contributed by atoms with E-state index in [9.17, 15) is 0 Å². The van der Waals surface area contributed by atoms with Crippen LogP contribution in [0.15, 0.2) is 24.3 Å². The molecule has 1 aromatic rings. The van der Waals surface area contributed by atoms with Crippen molar-refractivity contribution in [2.24, 2.45) is 5.73 Å². The summed E-state index contributed by atoms with van der Waals surface area (Å²) in [6.07, 6.45) is 2.36. The minimum absolute atomic E-state index is 0.263. The maximum atomic E-state index is 5.82. The predicted octanol–water partition coefficient (Wildman–Crippen LogP) is 1.43. The van der Waals surface area contributed by atoms with Gasteiger partial charge in [-0.2, -0.15) is 0 Å². The third-order valence-electron chi connectivity index (χ3n) is 3.23. The fourth-order valence-electron chi connectivity index (χ4n) is 2.45. The maximum Gasteiger partial charge on any atom is 0.0174 e. The van der Waals surface area contributed by atoms with Gasteiger partial charge in [-0.25, -0.2) is 0 Å². The summed E-state index contributed by atoms with van der Waals surface area (Å²) in [4.78, 5) is 2.39. The Morgan fingerprint density at radius 3 is 2.33 bits per heavy atom. The highest BCUT2D eigenvalue weighted by Crippen LogP contribution is 2.24. The van der Waals surface area contributed by atoms with Gasteiger partial charge in [-0.1, -0.05) is 24.3 Å². The molecule has 0 saturated heterocycles. The molecular formula is C13H20N2. The highest BCUT2D eigenvalue weighted by Gasteiger charge is 2.24. The normalized spacial score (nSPS) is 18.1. The summed E-state index contributed by atoms with van der Waals surface area (Å²) in [6, 6.07) is 9.66. The molecule has 0 aromatic heterocycles. The molecule has 0 fully saturated rings. The van der Waals surface area contributed by atoms with Gasteiger partial charge >= 0.3 is 0 Å². The molecule has 1 aliphatic rings. The Labute approximate surface area is 92.1 Å². The maximum absolute atomic E-state index is 5.82. The number of benzene rings is 1. The van der Waals surface area contributed by atoms with Crippen LogP contribution >= 0.6 is 0 Å². The summed E-state index contributed by atoms with van der Waals surface area (Å²) in [6.45, 7) is 3.05. The Morgan fingerprint density at radius 1 is 1.33 bits per heavy atom. The van der Waals surface area contributed by atoms with Gasteiger partial charge in [-0.15, -0.1) is 0 Å². The SMILES string of the molecule is CC(N)CN(C)C1Cc2ccccc2C1. The lowest BCUT2D eigenvalue weighted by Crippen LogP contribution is -2.40. The lowest BCUT2D eigenvalue weighted by atomic mass is 10.1. The van der Waals surface area contributed by atoms with Gasteiger partial charge in [0.05, 0.1) is 0 Å². The van der Waals surface area contributed by atoms with Gasteiger partial charge < -0.3 is 10.6 Å². The first-order valence-electron chi connectivity index (χ1n) is 5.69. The van der Waals surface area contributed by atoms with E-state index in [0.717, 1.165) is 6.54 Å². The van der Waals surface area contributed by atoms with Crippen LogP contribution in [0.5, 0.6) is 0 Å². The fourth-order valence-corrected chi connectivity index (χ4v) is 2.45. The molecule has 2 nitrogen and oxygen atoms in total. The minimum atomic E-state index is 0.263. The van der Waals surface area contributed by atoms with Crippen LogP contribution in [-0.4, -0.2) is 30.6 Å². The molecule has 0 radical (unpaired) electrons. The van der Waals surface area contributed by atoms with E-state index in [4.69, 9.17) is 5.73 Å². The first-order chi connectivity index (χ1) is 7.16. The topological polar surface area (TPSA) is 29.3 Å². The molecule has 0 spiro atoms. The van der Waals surface area contributed by atoms with Crippen LogP contribution in [0.4, 0.5) is 0 Å². The van der Waals surface area contributed by atoms with Gasteiger partial charge in [0, 0.05) is 18.6 Å². The molecule has 2 rings (SSSR count). The summed E-state index contributed by atoms with van der Waals surface area (Å²) in [5.41, 5.74) is 8.85. The molecule has 0 aliphatic heterocycles. The number of nitrogens with two attached hydrogens (primary N) is 1. The Balaban J connectivity index is 2.00. The van der Waals surface area contributed by atoms with Crippen LogP contribution in [0.1, 0.15) is 18.1 Å². The highest BCUT2D eigenvalue weighted by atomic mass is 15.1. The van der Waals surface area contributed by atoms with Crippen molar-refractivity contribution in [3.63, 3.8) is 0 Å². The van der Waals surface area contributed by atoms with Crippen LogP contribution in [0.2, 0.25) is 0 Å². The standard InChI is InChI=1S/C13H20N2/c1-10(14)9-15(2)13-7-11-5-3-4-6-12(11)8-13/h3-6,10,13H,7-9,14H2,1-2H3. The highest BCUT2D eigenvalue weighted by molar-refractivity contribution is 5.33. The lowest BCUT2D eigenvalue weighted by molar-refractivity contribution is 0.238. The number of rotatable bonds is 3. The summed E-state index contributed by atoms with van der Waals surface area (Å²) < 4.78 is 0. The molecule has 1 unspecified atom stereocenters. The number of fused-ring (bicyclic) bond motifs is 1. The van der Waals surface area contributed by atoms with Crippen LogP contribution in [0.3, 0.4) is 0 Å². The molecular weight excluding hydrogens is 184 g/mol. The number of hydrogen-bond acceptors (Lipinski definition) is 2. The Bertz CT molecular complexity index is 308. The zero-order valence-electron chi connectivity index (χ0n) is 9.61. The van der Waals surface area contributed by atoms with Gasteiger partial charge in [0.1, 0.15) is 0 Å². The van der Waals surface area contributed by atoms with Crippen LogP contribution in [0, 0.1) is 0 Å².